The van der Waals surface area contributed by atoms with Crippen LogP contribution in [0, 0.1) is 5.92 Å². The summed E-state index contributed by atoms with van der Waals surface area (Å²) in [5.74, 6) is -0.941. The molecule has 0 aromatic heterocycles. The fraction of sp³-hybridized carbons (Fsp3) is 0.600. The first-order valence-corrected chi connectivity index (χ1v) is 4.91. The Morgan fingerprint density at radius 3 is 2.60 bits per heavy atom. The van der Waals surface area contributed by atoms with E-state index in [1.807, 2.05) is 0 Å². The summed E-state index contributed by atoms with van der Waals surface area (Å²) in [6.07, 6.45) is 3.24. The Morgan fingerprint density at radius 1 is 1.60 bits per heavy atom. The molecule has 15 heavy (non-hydrogen) atoms. The van der Waals surface area contributed by atoms with Gasteiger partial charge >= 0.3 is 12.0 Å². The van der Waals surface area contributed by atoms with E-state index in [1.165, 1.54) is 6.08 Å². The molecule has 0 bridgehead atoms. The van der Waals surface area contributed by atoms with Crippen molar-refractivity contribution < 1.29 is 14.7 Å². The van der Waals surface area contributed by atoms with Crippen LogP contribution in [0.15, 0.2) is 12.7 Å². The van der Waals surface area contributed by atoms with Crippen LogP contribution in [0.5, 0.6) is 0 Å². The van der Waals surface area contributed by atoms with Gasteiger partial charge in [0.2, 0.25) is 0 Å². The molecule has 0 heterocycles. The maximum atomic E-state index is 11.3. The third-order valence-electron chi connectivity index (χ3n) is 2.62. The Bertz CT molecular complexity index is 286. The van der Waals surface area contributed by atoms with Gasteiger partial charge in [-0.05, 0) is 25.7 Å². The zero-order chi connectivity index (χ0) is 11.5. The highest BCUT2D eigenvalue weighted by atomic mass is 16.4. The summed E-state index contributed by atoms with van der Waals surface area (Å²) in [6.45, 7) is 5.32. The average molecular weight is 212 g/mol. The molecule has 5 heteroatoms. The van der Waals surface area contributed by atoms with E-state index in [1.54, 1.807) is 6.92 Å². The van der Waals surface area contributed by atoms with Crippen molar-refractivity contribution in [3.05, 3.63) is 12.7 Å². The van der Waals surface area contributed by atoms with Crippen molar-refractivity contribution in [1.82, 2.24) is 10.6 Å². The Hall–Kier alpha value is -1.52. The lowest BCUT2D eigenvalue weighted by atomic mass is 9.96. The third kappa shape index (κ3) is 2.71. The van der Waals surface area contributed by atoms with E-state index in [4.69, 9.17) is 5.11 Å². The summed E-state index contributed by atoms with van der Waals surface area (Å²) in [4.78, 5) is 22.4. The van der Waals surface area contributed by atoms with Crippen molar-refractivity contribution in [2.75, 3.05) is 6.54 Å². The van der Waals surface area contributed by atoms with E-state index < -0.39 is 17.5 Å². The zero-order valence-corrected chi connectivity index (χ0v) is 8.75. The first-order valence-electron chi connectivity index (χ1n) is 4.91. The number of carbonyl (C=O) groups excluding carboxylic acids is 1. The Labute approximate surface area is 88.5 Å². The number of aliphatic carboxylic acids is 1. The second-order valence-corrected chi connectivity index (χ2v) is 3.91. The van der Waals surface area contributed by atoms with Crippen LogP contribution >= 0.6 is 0 Å². The molecule has 1 fully saturated rings. The van der Waals surface area contributed by atoms with Gasteiger partial charge in [0.15, 0.2) is 0 Å². The Kier molecular flexibility index (Phi) is 3.34. The molecule has 1 atom stereocenters. The molecule has 0 aromatic rings. The highest BCUT2D eigenvalue weighted by Gasteiger charge is 2.48. The molecule has 1 aliphatic rings. The molecule has 84 valence electrons. The third-order valence-corrected chi connectivity index (χ3v) is 2.62. The first kappa shape index (κ1) is 11.6. The zero-order valence-electron chi connectivity index (χ0n) is 8.75. The summed E-state index contributed by atoms with van der Waals surface area (Å²) in [5, 5.41) is 14.0. The smallest absolute Gasteiger partial charge is 0.329 e. The minimum atomic E-state index is -1.15. The number of rotatable bonds is 5. The first-order chi connectivity index (χ1) is 7.00. The Morgan fingerprint density at radius 2 is 2.20 bits per heavy atom. The fourth-order valence-corrected chi connectivity index (χ4v) is 1.44. The van der Waals surface area contributed by atoms with Crippen LogP contribution in [0.25, 0.3) is 0 Å². The van der Waals surface area contributed by atoms with Crippen molar-refractivity contribution >= 4 is 12.0 Å². The molecule has 2 amide bonds. The van der Waals surface area contributed by atoms with Gasteiger partial charge in [-0.15, -0.1) is 6.58 Å². The predicted molar refractivity (Wildman–Crippen MR) is 55.5 cm³/mol. The number of nitrogens with one attached hydrogen (secondary N) is 2. The fourth-order valence-electron chi connectivity index (χ4n) is 1.44. The molecule has 0 aliphatic heterocycles. The largest absolute Gasteiger partial charge is 0.480 e. The van der Waals surface area contributed by atoms with Crippen LogP contribution in [0.4, 0.5) is 4.79 Å². The number of hydrogen-bond donors (Lipinski definition) is 3. The Balaban J connectivity index is 2.55. The lowest BCUT2D eigenvalue weighted by molar-refractivity contribution is -0.144. The van der Waals surface area contributed by atoms with E-state index in [-0.39, 0.29) is 5.92 Å². The quantitative estimate of drug-likeness (QED) is 0.588. The van der Waals surface area contributed by atoms with Gasteiger partial charge in [-0.1, -0.05) is 6.08 Å². The summed E-state index contributed by atoms with van der Waals surface area (Å²) >= 11 is 0. The van der Waals surface area contributed by atoms with Crippen LogP contribution in [0.2, 0.25) is 0 Å². The number of amides is 2. The lowest BCUT2D eigenvalue weighted by Crippen LogP contribution is -2.56. The van der Waals surface area contributed by atoms with Gasteiger partial charge in [0.25, 0.3) is 0 Å². The molecule has 1 unspecified atom stereocenters. The summed E-state index contributed by atoms with van der Waals surface area (Å²) in [6, 6.07) is -0.466. The molecule has 1 rings (SSSR count). The number of urea groups is 1. The predicted octanol–water partition coefficient (Wildman–Crippen LogP) is 0.725. The maximum absolute atomic E-state index is 11.3. The standard InChI is InChI=1S/C10H16N2O3/c1-3-6-11-9(15)12-10(2,8(13)14)7-4-5-7/h3,7H,1,4-6H2,2H3,(H,13,14)(H2,11,12,15). The van der Waals surface area contributed by atoms with Gasteiger partial charge in [-0.2, -0.15) is 0 Å². The van der Waals surface area contributed by atoms with E-state index in [0.29, 0.717) is 6.54 Å². The molecule has 0 spiro atoms. The normalized spacial score (nSPS) is 18.7. The number of carboxylic acids is 1. The van der Waals surface area contributed by atoms with E-state index in [2.05, 4.69) is 17.2 Å². The van der Waals surface area contributed by atoms with Crippen LogP contribution in [0.1, 0.15) is 19.8 Å². The average Bonchev–Trinajstić information content (AvgIpc) is 2.97. The van der Waals surface area contributed by atoms with Gasteiger partial charge < -0.3 is 15.7 Å². The van der Waals surface area contributed by atoms with Gasteiger partial charge in [-0.3, -0.25) is 0 Å². The van der Waals surface area contributed by atoms with Crippen LogP contribution in [0.3, 0.4) is 0 Å². The number of carboxylic acid groups (broad SMARTS) is 1. The molecule has 5 nitrogen and oxygen atoms in total. The van der Waals surface area contributed by atoms with Crippen molar-refractivity contribution in [3.63, 3.8) is 0 Å². The molecular weight excluding hydrogens is 196 g/mol. The van der Waals surface area contributed by atoms with E-state index in [0.717, 1.165) is 12.8 Å². The molecular formula is C10H16N2O3. The van der Waals surface area contributed by atoms with Crippen molar-refractivity contribution in [2.24, 2.45) is 5.92 Å². The van der Waals surface area contributed by atoms with Gasteiger partial charge in [0.1, 0.15) is 5.54 Å². The van der Waals surface area contributed by atoms with Crippen LogP contribution < -0.4 is 10.6 Å². The maximum Gasteiger partial charge on any atom is 0.329 e. The van der Waals surface area contributed by atoms with Crippen LogP contribution in [-0.2, 0) is 4.79 Å². The second kappa shape index (κ2) is 4.33. The monoisotopic (exact) mass is 212 g/mol. The summed E-state index contributed by atoms with van der Waals surface area (Å²) in [5.41, 5.74) is -1.15. The van der Waals surface area contributed by atoms with Gasteiger partial charge in [0, 0.05) is 6.54 Å². The van der Waals surface area contributed by atoms with Gasteiger partial charge in [0.05, 0.1) is 0 Å². The number of carbonyl (C=O) groups is 2. The second-order valence-electron chi connectivity index (χ2n) is 3.91. The highest BCUT2D eigenvalue weighted by molar-refractivity contribution is 5.86. The summed E-state index contributed by atoms with van der Waals surface area (Å²) in [7, 11) is 0. The van der Waals surface area contributed by atoms with E-state index >= 15 is 0 Å². The minimum absolute atomic E-state index is 0.0458. The molecule has 1 aliphatic carbocycles. The summed E-state index contributed by atoms with van der Waals surface area (Å²) < 4.78 is 0. The van der Waals surface area contributed by atoms with Gasteiger partial charge in [-0.25, -0.2) is 9.59 Å². The molecule has 3 N–H and O–H groups in total. The van der Waals surface area contributed by atoms with Crippen LogP contribution in [-0.4, -0.2) is 29.2 Å². The van der Waals surface area contributed by atoms with Crippen molar-refractivity contribution in [1.29, 1.82) is 0 Å². The van der Waals surface area contributed by atoms with E-state index in [9.17, 15) is 9.59 Å². The molecule has 1 saturated carbocycles. The lowest BCUT2D eigenvalue weighted by Gasteiger charge is -2.25. The topological polar surface area (TPSA) is 78.4 Å². The van der Waals surface area contributed by atoms with Crippen molar-refractivity contribution in [2.45, 2.75) is 25.3 Å². The minimum Gasteiger partial charge on any atom is -0.480 e. The SMILES string of the molecule is C=CCNC(=O)NC(C)(C(=O)O)C1CC1. The molecule has 0 aromatic carbocycles. The highest BCUT2D eigenvalue weighted by Crippen LogP contribution is 2.39. The molecule has 0 saturated heterocycles. The number of hydrogen-bond acceptors (Lipinski definition) is 2. The van der Waals surface area contributed by atoms with Crippen molar-refractivity contribution in [3.8, 4) is 0 Å². The molecule has 0 radical (unpaired) electrons.